The number of hydrogen-bond acceptors (Lipinski definition) is 4. The Morgan fingerprint density at radius 2 is 2.00 bits per heavy atom. The molecule has 0 spiro atoms. The quantitative estimate of drug-likeness (QED) is 0.539. The summed E-state index contributed by atoms with van der Waals surface area (Å²) >= 11 is 1.85. The number of amides is 1. The van der Waals surface area contributed by atoms with E-state index < -0.39 is 0 Å². The van der Waals surface area contributed by atoms with Gasteiger partial charge >= 0.3 is 0 Å². The summed E-state index contributed by atoms with van der Waals surface area (Å²) in [5.41, 5.74) is 0. The number of rotatable bonds is 6. The molecule has 126 valence electrons. The Bertz CT molecular complexity index is 391. The first kappa shape index (κ1) is 17.4. The Labute approximate surface area is 138 Å². The molecule has 22 heavy (non-hydrogen) atoms. The van der Waals surface area contributed by atoms with Crippen molar-refractivity contribution in [2.75, 3.05) is 52.6 Å². The summed E-state index contributed by atoms with van der Waals surface area (Å²) in [6.07, 6.45) is 4.42. The number of carbonyl (C=O) groups is 1. The van der Waals surface area contributed by atoms with Gasteiger partial charge in [-0.3, -0.25) is 14.7 Å². The van der Waals surface area contributed by atoms with E-state index >= 15 is 0 Å². The molecule has 1 aliphatic heterocycles. The molecule has 1 atom stereocenters. The molecule has 1 saturated heterocycles. The van der Waals surface area contributed by atoms with Crippen molar-refractivity contribution in [1.29, 1.82) is 0 Å². The molecular weight excluding hydrogens is 298 g/mol. The lowest BCUT2D eigenvalue weighted by molar-refractivity contribution is -0.122. The van der Waals surface area contributed by atoms with Gasteiger partial charge in [0.15, 0.2) is 5.96 Å². The molecule has 2 fully saturated rings. The Morgan fingerprint density at radius 1 is 1.32 bits per heavy atom. The van der Waals surface area contributed by atoms with Crippen molar-refractivity contribution in [2.45, 2.75) is 31.1 Å². The first-order valence-corrected chi connectivity index (χ1v) is 9.41. The second-order valence-electron chi connectivity index (χ2n) is 6.08. The Hall–Kier alpha value is -0.950. The van der Waals surface area contributed by atoms with Crippen LogP contribution in [0.1, 0.15) is 19.8 Å². The van der Waals surface area contributed by atoms with Crippen LogP contribution in [0, 0.1) is 0 Å². The second-order valence-corrected chi connectivity index (χ2v) is 7.36. The third kappa shape index (κ3) is 5.68. The fourth-order valence-corrected chi connectivity index (χ4v) is 2.72. The number of guanidine groups is 1. The van der Waals surface area contributed by atoms with Gasteiger partial charge in [-0.15, -0.1) is 0 Å². The lowest BCUT2D eigenvalue weighted by atomic mass is 10.3. The van der Waals surface area contributed by atoms with E-state index in [1.54, 1.807) is 0 Å². The van der Waals surface area contributed by atoms with Crippen LogP contribution in [0.25, 0.3) is 0 Å². The van der Waals surface area contributed by atoms with Crippen LogP contribution in [0.5, 0.6) is 0 Å². The molecule has 0 aromatic carbocycles. The number of thioether (sulfide) groups is 1. The van der Waals surface area contributed by atoms with Crippen LogP contribution >= 0.6 is 11.8 Å². The maximum Gasteiger partial charge on any atom is 0.234 e. The van der Waals surface area contributed by atoms with E-state index in [0.717, 1.165) is 51.5 Å². The van der Waals surface area contributed by atoms with Crippen LogP contribution < -0.4 is 10.6 Å². The number of nitrogens with zero attached hydrogens (tertiary/aromatic N) is 3. The van der Waals surface area contributed by atoms with Crippen LogP contribution in [0.3, 0.4) is 0 Å². The molecule has 1 amide bonds. The summed E-state index contributed by atoms with van der Waals surface area (Å²) in [5.74, 6) is 1.15. The highest BCUT2D eigenvalue weighted by molar-refractivity contribution is 7.99. The Kier molecular flexibility index (Phi) is 6.82. The van der Waals surface area contributed by atoms with Gasteiger partial charge in [0, 0.05) is 51.1 Å². The monoisotopic (exact) mass is 327 g/mol. The zero-order valence-corrected chi connectivity index (χ0v) is 14.8. The molecule has 0 bridgehead atoms. The summed E-state index contributed by atoms with van der Waals surface area (Å²) in [7, 11) is 1.83. The molecule has 2 aliphatic rings. The molecule has 7 heteroatoms. The van der Waals surface area contributed by atoms with Crippen molar-refractivity contribution in [3.63, 3.8) is 0 Å². The number of aliphatic imine (C=N–C) groups is 1. The van der Waals surface area contributed by atoms with Gasteiger partial charge in [0.05, 0.1) is 6.54 Å². The van der Waals surface area contributed by atoms with Gasteiger partial charge < -0.3 is 15.5 Å². The van der Waals surface area contributed by atoms with E-state index in [4.69, 9.17) is 0 Å². The zero-order valence-electron chi connectivity index (χ0n) is 14.0. The normalized spacial score (nSPS) is 21.6. The fourth-order valence-electron chi connectivity index (χ4n) is 2.47. The first-order valence-electron chi connectivity index (χ1n) is 8.12. The van der Waals surface area contributed by atoms with Crippen molar-refractivity contribution in [3.8, 4) is 0 Å². The highest BCUT2D eigenvalue weighted by atomic mass is 32.2. The average Bonchev–Trinajstić information content (AvgIpc) is 3.32. The molecule has 0 aromatic heterocycles. The van der Waals surface area contributed by atoms with Crippen LogP contribution in [0.4, 0.5) is 0 Å². The molecule has 6 nitrogen and oxygen atoms in total. The molecule has 0 radical (unpaired) electrons. The summed E-state index contributed by atoms with van der Waals surface area (Å²) in [5, 5.41) is 7.06. The summed E-state index contributed by atoms with van der Waals surface area (Å²) in [6.45, 7) is 7.33. The highest BCUT2D eigenvalue weighted by Gasteiger charge is 2.25. The molecule has 1 aliphatic carbocycles. The van der Waals surface area contributed by atoms with E-state index in [9.17, 15) is 4.79 Å². The third-order valence-corrected chi connectivity index (χ3v) is 5.11. The van der Waals surface area contributed by atoms with E-state index in [1.807, 2.05) is 18.8 Å². The fraction of sp³-hybridized carbons (Fsp3) is 0.867. The molecule has 0 aromatic rings. The van der Waals surface area contributed by atoms with Gasteiger partial charge in [-0.25, -0.2) is 0 Å². The topological polar surface area (TPSA) is 60.0 Å². The second kappa shape index (κ2) is 8.62. The van der Waals surface area contributed by atoms with Crippen LogP contribution in [-0.2, 0) is 4.79 Å². The zero-order chi connectivity index (χ0) is 15.9. The van der Waals surface area contributed by atoms with Crippen molar-refractivity contribution in [1.82, 2.24) is 20.4 Å². The number of hydrogen-bond donors (Lipinski definition) is 2. The minimum Gasteiger partial charge on any atom is -0.355 e. The standard InChI is InChI=1S/C15H29N5OS/c1-12(22-3)10-17-15(16-2)20-8-6-19(7-9-20)11-14(21)18-13-4-5-13/h12-13H,4-11H2,1-3H3,(H,16,17)(H,18,21). The van der Waals surface area contributed by atoms with E-state index in [1.165, 1.54) is 0 Å². The minimum atomic E-state index is 0.173. The van der Waals surface area contributed by atoms with Crippen LogP contribution in [0.2, 0.25) is 0 Å². The average molecular weight is 327 g/mol. The molecular formula is C15H29N5OS. The third-order valence-electron chi connectivity index (χ3n) is 4.14. The molecule has 2 N–H and O–H groups in total. The summed E-state index contributed by atoms with van der Waals surface area (Å²) in [6, 6.07) is 0.454. The maximum atomic E-state index is 11.8. The lowest BCUT2D eigenvalue weighted by Crippen LogP contribution is -2.54. The number of carbonyl (C=O) groups excluding carboxylic acids is 1. The van der Waals surface area contributed by atoms with Gasteiger partial charge in [-0.05, 0) is 19.1 Å². The van der Waals surface area contributed by atoms with Gasteiger partial charge in [-0.1, -0.05) is 6.92 Å². The predicted molar refractivity (Wildman–Crippen MR) is 93.5 cm³/mol. The summed E-state index contributed by atoms with van der Waals surface area (Å²) in [4.78, 5) is 20.7. The summed E-state index contributed by atoms with van der Waals surface area (Å²) < 4.78 is 0. The number of nitrogens with one attached hydrogen (secondary N) is 2. The van der Waals surface area contributed by atoms with E-state index in [-0.39, 0.29) is 5.91 Å². The van der Waals surface area contributed by atoms with Crippen molar-refractivity contribution in [2.24, 2.45) is 4.99 Å². The minimum absolute atomic E-state index is 0.173. The predicted octanol–water partition coefficient (Wildman–Crippen LogP) is 0.210. The molecule has 1 unspecified atom stereocenters. The van der Waals surface area contributed by atoms with Gasteiger partial charge in [-0.2, -0.15) is 11.8 Å². The molecule has 2 rings (SSSR count). The van der Waals surface area contributed by atoms with Gasteiger partial charge in [0.25, 0.3) is 0 Å². The SMILES string of the molecule is CN=C(NCC(C)SC)N1CCN(CC(=O)NC2CC2)CC1. The Balaban J connectivity index is 1.69. The van der Waals surface area contributed by atoms with Crippen LogP contribution in [0.15, 0.2) is 4.99 Å². The van der Waals surface area contributed by atoms with Crippen LogP contribution in [-0.4, -0.2) is 85.5 Å². The van der Waals surface area contributed by atoms with Crippen molar-refractivity contribution < 1.29 is 4.79 Å². The van der Waals surface area contributed by atoms with Crippen molar-refractivity contribution in [3.05, 3.63) is 0 Å². The number of piperazine rings is 1. The van der Waals surface area contributed by atoms with Gasteiger partial charge in [0.2, 0.25) is 5.91 Å². The molecule has 1 saturated carbocycles. The highest BCUT2D eigenvalue weighted by Crippen LogP contribution is 2.18. The van der Waals surface area contributed by atoms with Crippen molar-refractivity contribution >= 4 is 23.6 Å². The molecule has 1 heterocycles. The van der Waals surface area contributed by atoms with E-state index in [2.05, 4.69) is 38.6 Å². The lowest BCUT2D eigenvalue weighted by Gasteiger charge is -2.36. The smallest absolute Gasteiger partial charge is 0.234 e. The first-order chi connectivity index (χ1) is 10.6. The van der Waals surface area contributed by atoms with Gasteiger partial charge in [0.1, 0.15) is 0 Å². The largest absolute Gasteiger partial charge is 0.355 e. The maximum absolute atomic E-state index is 11.8. The van der Waals surface area contributed by atoms with E-state index in [0.29, 0.717) is 17.8 Å². The Morgan fingerprint density at radius 3 is 2.55 bits per heavy atom.